The van der Waals surface area contributed by atoms with E-state index >= 15 is 0 Å². The topological polar surface area (TPSA) is 12.0 Å². The molecule has 1 nitrogen and oxygen atoms in total. The predicted molar refractivity (Wildman–Crippen MR) is 106 cm³/mol. The second kappa shape index (κ2) is 5.65. The summed E-state index contributed by atoms with van der Waals surface area (Å²) in [6.45, 7) is 4.56. The van der Waals surface area contributed by atoms with E-state index in [4.69, 9.17) is 11.6 Å². The van der Waals surface area contributed by atoms with Crippen molar-refractivity contribution in [1.29, 1.82) is 0 Å². The molecule has 1 N–H and O–H groups in total. The van der Waals surface area contributed by atoms with E-state index in [2.05, 4.69) is 71.5 Å². The molecule has 0 spiro atoms. The highest BCUT2D eigenvalue weighted by molar-refractivity contribution is 9.10. The number of halogens is 2. The van der Waals surface area contributed by atoms with Gasteiger partial charge in [-0.3, -0.25) is 0 Å². The molecular weight excluding hydrogens is 382 g/mol. The molecule has 24 heavy (non-hydrogen) atoms. The highest BCUT2D eigenvalue weighted by atomic mass is 79.9. The third kappa shape index (κ3) is 2.28. The Kier molecular flexibility index (Phi) is 3.70. The van der Waals surface area contributed by atoms with Gasteiger partial charge in [-0.25, -0.2) is 0 Å². The molecule has 1 aliphatic carbocycles. The quantitative estimate of drug-likeness (QED) is 0.483. The first-order chi connectivity index (χ1) is 11.5. The lowest BCUT2D eigenvalue weighted by Gasteiger charge is -2.25. The number of benzene rings is 3. The molecule has 0 amide bonds. The lowest BCUT2D eigenvalue weighted by Crippen LogP contribution is -2.17. The molecule has 1 aliphatic rings. The number of hydrogen-bond donors (Lipinski definition) is 1. The Morgan fingerprint density at radius 3 is 2.38 bits per heavy atom. The molecule has 0 unspecified atom stereocenters. The lowest BCUT2D eigenvalue weighted by molar-refractivity contribution is 0.662. The van der Waals surface area contributed by atoms with Crippen molar-refractivity contribution in [2.75, 3.05) is 5.32 Å². The van der Waals surface area contributed by atoms with Crippen LogP contribution in [0.3, 0.4) is 0 Å². The Labute approximate surface area is 155 Å². The van der Waals surface area contributed by atoms with Crippen LogP contribution in [0, 0.1) is 0 Å². The Balaban J connectivity index is 1.94. The summed E-state index contributed by atoms with van der Waals surface area (Å²) < 4.78 is 1.13. The standard InChI is InChI=1S/C21H17BrClN/c1-21(2)14-8-4-3-7-13(14)19-15(22)11-12-18(20(19)21)24-17-10-6-5-9-16(17)23/h3-12,24H,1-2H3. The molecule has 0 radical (unpaired) electrons. The van der Waals surface area contributed by atoms with Crippen molar-refractivity contribution < 1.29 is 0 Å². The number of para-hydroxylation sites is 1. The van der Waals surface area contributed by atoms with Crippen LogP contribution in [0.5, 0.6) is 0 Å². The van der Waals surface area contributed by atoms with Crippen LogP contribution in [-0.2, 0) is 5.41 Å². The van der Waals surface area contributed by atoms with E-state index in [1.165, 1.54) is 22.3 Å². The highest BCUT2D eigenvalue weighted by Crippen LogP contribution is 2.54. The SMILES string of the molecule is CC1(C)c2ccccc2-c2c(Br)ccc(Nc3ccccc3Cl)c21. The maximum Gasteiger partial charge on any atom is 0.0640 e. The van der Waals surface area contributed by atoms with Gasteiger partial charge in [-0.2, -0.15) is 0 Å². The first-order valence-electron chi connectivity index (χ1n) is 7.94. The second-order valence-corrected chi connectivity index (χ2v) is 7.88. The molecule has 0 aromatic heterocycles. The maximum atomic E-state index is 6.34. The van der Waals surface area contributed by atoms with Crippen molar-refractivity contribution in [2.24, 2.45) is 0 Å². The Morgan fingerprint density at radius 2 is 1.58 bits per heavy atom. The van der Waals surface area contributed by atoms with Crippen molar-refractivity contribution in [2.45, 2.75) is 19.3 Å². The summed E-state index contributed by atoms with van der Waals surface area (Å²) in [5.74, 6) is 0. The van der Waals surface area contributed by atoms with Gasteiger partial charge in [0.05, 0.1) is 10.7 Å². The van der Waals surface area contributed by atoms with Gasteiger partial charge in [0.1, 0.15) is 0 Å². The molecule has 4 rings (SSSR count). The predicted octanol–water partition coefficient (Wildman–Crippen LogP) is 7.15. The minimum Gasteiger partial charge on any atom is -0.354 e. The molecule has 3 aromatic rings. The summed E-state index contributed by atoms with van der Waals surface area (Å²) in [6, 6.07) is 20.7. The molecule has 120 valence electrons. The zero-order valence-corrected chi connectivity index (χ0v) is 15.9. The van der Waals surface area contributed by atoms with E-state index in [1.54, 1.807) is 0 Å². The van der Waals surface area contributed by atoms with Crippen LogP contribution in [-0.4, -0.2) is 0 Å². The van der Waals surface area contributed by atoms with E-state index < -0.39 is 0 Å². The largest absolute Gasteiger partial charge is 0.354 e. The van der Waals surface area contributed by atoms with Gasteiger partial charge in [0.15, 0.2) is 0 Å². The number of fused-ring (bicyclic) bond motifs is 3. The average molecular weight is 399 g/mol. The smallest absolute Gasteiger partial charge is 0.0640 e. The van der Waals surface area contributed by atoms with Gasteiger partial charge in [-0.05, 0) is 41.0 Å². The molecule has 0 aliphatic heterocycles. The summed E-state index contributed by atoms with van der Waals surface area (Å²) in [5, 5.41) is 4.26. The van der Waals surface area contributed by atoms with Crippen molar-refractivity contribution >= 4 is 38.9 Å². The molecule has 0 heterocycles. The lowest BCUT2D eigenvalue weighted by atomic mass is 9.81. The first-order valence-corrected chi connectivity index (χ1v) is 9.11. The molecule has 0 atom stereocenters. The van der Waals surface area contributed by atoms with Crippen molar-refractivity contribution in [1.82, 2.24) is 0 Å². The first kappa shape index (κ1) is 15.7. The van der Waals surface area contributed by atoms with Gasteiger partial charge >= 0.3 is 0 Å². The van der Waals surface area contributed by atoms with Gasteiger partial charge < -0.3 is 5.32 Å². The maximum absolute atomic E-state index is 6.34. The van der Waals surface area contributed by atoms with E-state index in [9.17, 15) is 0 Å². The van der Waals surface area contributed by atoms with E-state index in [0.717, 1.165) is 20.9 Å². The van der Waals surface area contributed by atoms with Crippen LogP contribution in [0.1, 0.15) is 25.0 Å². The van der Waals surface area contributed by atoms with Gasteiger partial charge in [-0.1, -0.05) is 77.8 Å². The van der Waals surface area contributed by atoms with Crippen molar-refractivity contribution in [3.05, 3.63) is 81.3 Å². The Hall–Kier alpha value is -1.77. The van der Waals surface area contributed by atoms with Gasteiger partial charge in [0.25, 0.3) is 0 Å². The monoisotopic (exact) mass is 397 g/mol. The van der Waals surface area contributed by atoms with Gasteiger partial charge in [0, 0.05) is 21.1 Å². The number of rotatable bonds is 2. The van der Waals surface area contributed by atoms with Crippen LogP contribution >= 0.6 is 27.5 Å². The second-order valence-electron chi connectivity index (χ2n) is 6.62. The van der Waals surface area contributed by atoms with E-state index in [0.29, 0.717) is 0 Å². The average Bonchev–Trinajstić information content (AvgIpc) is 2.82. The van der Waals surface area contributed by atoms with Crippen LogP contribution < -0.4 is 5.32 Å². The Bertz CT molecular complexity index is 946. The summed E-state index contributed by atoms with van der Waals surface area (Å²) in [4.78, 5) is 0. The molecule has 0 fully saturated rings. The fourth-order valence-corrected chi connectivity index (χ4v) is 4.41. The van der Waals surface area contributed by atoms with Crippen molar-refractivity contribution in [3.8, 4) is 11.1 Å². The zero-order valence-electron chi connectivity index (χ0n) is 13.5. The minimum atomic E-state index is -0.0701. The number of nitrogens with one attached hydrogen (secondary N) is 1. The van der Waals surface area contributed by atoms with E-state index in [1.807, 2.05) is 24.3 Å². The number of anilines is 2. The van der Waals surface area contributed by atoms with Crippen LogP contribution in [0.25, 0.3) is 11.1 Å². The summed E-state index contributed by atoms with van der Waals surface area (Å²) >= 11 is 10.1. The molecule has 3 aromatic carbocycles. The van der Waals surface area contributed by atoms with Gasteiger partial charge in [-0.15, -0.1) is 0 Å². The van der Waals surface area contributed by atoms with Gasteiger partial charge in [0.2, 0.25) is 0 Å². The third-order valence-corrected chi connectivity index (χ3v) is 5.78. The fourth-order valence-electron chi connectivity index (χ4n) is 3.68. The molecule has 0 saturated heterocycles. The van der Waals surface area contributed by atoms with E-state index in [-0.39, 0.29) is 5.41 Å². The molecule has 3 heteroatoms. The normalized spacial score (nSPS) is 14.2. The molecular formula is C21H17BrClN. The van der Waals surface area contributed by atoms with Crippen LogP contribution in [0.2, 0.25) is 5.02 Å². The molecule has 0 bridgehead atoms. The third-order valence-electron chi connectivity index (χ3n) is 4.79. The summed E-state index contributed by atoms with van der Waals surface area (Å²) in [7, 11) is 0. The molecule has 0 saturated carbocycles. The Morgan fingerprint density at radius 1 is 0.875 bits per heavy atom. The summed E-state index contributed by atoms with van der Waals surface area (Å²) in [5.41, 5.74) is 7.18. The minimum absolute atomic E-state index is 0.0701. The number of hydrogen-bond acceptors (Lipinski definition) is 1. The highest BCUT2D eigenvalue weighted by Gasteiger charge is 2.38. The van der Waals surface area contributed by atoms with Crippen molar-refractivity contribution in [3.63, 3.8) is 0 Å². The fraction of sp³-hybridized carbons (Fsp3) is 0.143. The summed E-state index contributed by atoms with van der Waals surface area (Å²) in [6.07, 6.45) is 0. The van der Waals surface area contributed by atoms with Crippen LogP contribution in [0.4, 0.5) is 11.4 Å². The zero-order chi connectivity index (χ0) is 16.9. The van der Waals surface area contributed by atoms with Crippen LogP contribution in [0.15, 0.2) is 65.1 Å².